The number of benzene rings is 2. The zero-order valence-electron chi connectivity index (χ0n) is 14.3. The summed E-state index contributed by atoms with van der Waals surface area (Å²) in [4.78, 5) is 28.5. The fourth-order valence-electron chi connectivity index (χ4n) is 2.95. The highest BCUT2D eigenvalue weighted by atomic mass is 35.5. The lowest BCUT2D eigenvalue weighted by molar-refractivity contribution is -0.124. The third kappa shape index (κ3) is 3.41. The summed E-state index contributed by atoms with van der Waals surface area (Å²) in [7, 11) is 0. The molecule has 0 unspecified atom stereocenters. The molecule has 26 heavy (non-hydrogen) atoms. The van der Waals surface area contributed by atoms with Gasteiger partial charge in [0.2, 0.25) is 5.91 Å². The lowest BCUT2D eigenvalue weighted by Crippen LogP contribution is -2.57. The van der Waals surface area contributed by atoms with Crippen molar-refractivity contribution >= 4 is 40.7 Å². The maximum atomic E-state index is 13.8. The van der Waals surface area contributed by atoms with Crippen LogP contribution in [0.15, 0.2) is 36.4 Å². The number of anilines is 1. The van der Waals surface area contributed by atoms with Gasteiger partial charge in [-0.2, -0.15) is 0 Å². The number of hydrogen-bond donors (Lipinski definition) is 0. The first kappa shape index (κ1) is 18.7. The van der Waals surface area contributed by atoms with Gasteiger partial charge in [0.25, 0.3) is 5.91 Å². The van der Waals surface area contributed by atoms with Gasteiger partial charge in [0, 0.05) is 24.3 Å². The summed E-state index contributed by atoms with van der Waals surface area (Å²) in [5, 5.41) is 0.642. The van der Waals surface area contributed by atoms with Gasteiger partial charge in [0.15, 0.2) is 0 Å². The Labute approximate surface area is 161 Å². The standard InChI is InChI=1S/C19H17Cl2FN2O2/c1-11-3-5-14(10-17(11)22)24-8-7-23(12(2)18(24)25)19(26)13-4-6-15(20)16(21)9-13/h3-6,9-10,12H,7-8H2,1-2H3/t12-/m1/s1. The van der Waals surface area contributed by atoms with E-state index in [1.807, 2.05) is 0 Å². The molecule has 1 saturated heterocycles. The van der Waals surface area contributed by atoms with E-state index < -0.39 is 6.04 Å². The Morgan fingerprint density at radius 1 is 1.12 bits per heavy atom. The second-order valence-electron chi connectivity index (χ2n) is 6.23. The molecule has 0 bridgehead atoms. The number of nitrogens with zero attached hydrogens (tertiary/aromatic N) is 2. The van der Waals surface area contributed by atoms with Crippen LogP contribution in [0.2, 0.25) is 10.0 Å². The average molecular weight is 395 g/mol. The maximum absolute atomic E-state index is 13.8. The fourth-order valence-corrected chi connectivity index (χ4v) is 3.25. The van der Waals surface area contributed by atoms with Crippen LogP contribution in [0.3, 0.4) is 0 Å². The van der Waals surface area contributed by atoms with Crippen molar-refractivity contribution in [3.63, 3.8) is 0 Å². The molecule has 4 nitrogen and oxygen atoms in total. The van der Waals surface area contributed by atoms with Crippen LogP contribution in [0.4, 0.5) is 10.1 Å². The summed E-state index contributed by atoms with van der Waals surface area (Å²) in [6.45, 7) is 3.95. The molecule has 2 aromatic carbocycles. The van der Waals surface area contributed by atoms with Crippen LogP contribution >= 0.6 is 23.2 Å². The SMILES string of the molecule is Cc1ccc(N2CCN(C(=O)c3ccc(Cl)c(Cl)c3)[C@H](C)C2=O)cc1F. The molecule has 1 heterocycles. The van der Waals surface area contributed by atoms with E-state index in [1.54, 1.807) is 38.1 Å². The third-order valence-electron chi connectivity index (χ3n) is 4.55. The van der Waals surface area contributed by atoms with E-state index in [-0.39, 0.29) is 22.7 Å². The van der Waals surface area contributed by atoms with Crippen LogP contribution in [0.1, 0.15) is 22.8 Å². The first-order chi connectivity index (χ1) is 12.3. The highest BCUT2D eigenvalue weighted by Gasteiger charge is 2.35. The molecule has 0 aliphatic carbocycles. The second kappa shape index (κ2) is 7.25. The number of carbonyl (C=O) groups is 2. The topological polar surface area (TPSA) is 40.6 Å². The zero-order valence-corrected chi connectivity index (χ0v) is 15.8. The number of halogens is 3. The zero-order chi connectivity index (χ0) is 19.0. The van der Waals surface area contributed by atoms with Gasteiger partial charge in [-0.3, -0.25) is 9.59 Å². The Hall–Kier alpha value is -2.11. The molecule has 1 fully saturated rings. The lowest BCUT2D eigenvalue weighted by atomic mass is 10.1. The third-order valence-corrected chi connectivity index (χ3v) is 5.29. The molecule has 2 aromatic rings. The van der Waals surface area contributed by atoms with Crippen molar-refractivity contribution in [2.45, 2.75) is 19.9 Å². The Bertz CT molecular complexity index is 888. The van der Waals surface area contributed by atoms with Crippen molar-refractivity contribution in [1.29, 1.82) is 0 Å². The molecule has 1 aliphatic rings. The van der Waals surface area contributed by atoms with Gasteiger partial charge in [0.05, 0.1) is 10.0 Å². The monoisotopic (exact) mass is 394 g/mol. The minimum absolute atomic E-state index is 0.257. The Morgan fingerprint density at radius 2 is 1.85 bits per heavy atom. The molecule has 2 amide bonds. The van der Waals surface area contributed by atoms with E-state index in [0.29, 0.717) is 34.9 Å². The van der Waals surface area contributed by atoms with Crippen molar-refractivity contribution in [3.05, 3.63) is 63.4 Å². The van der Waals surface area contributed by atoms with Crippen molar-refractivity contribution in [2.75, 3.05) is 18.0 Å². The second-order valence-corrected chi connectivity index (χ2v) is 7.04. The van der Waals surface area contributed by atoms with E-state index in [1.165, 1.54) is 21.9 Å². The number of amides is 2. The predicted octanol–water partition coefficient (Wildman–Crippen LogP) is 4.32. The average Bonchev–Trinajstić information content (AvgIpc) is 2.61. The molecule has 0 aromatic heterocycles. The Morgan fingerprint density at radius 3 is 2.50 bits per heavy atom. The molecule has 3 rings (SSSR count). The minimum Gasteiger partial charge on any atom is -0.325 e. The predicted molar refractivity (Wildman–Crippen MR) is 100 cm³/mol. The number of rotatable bonds is 2. The summed E-state index contributed by atoms with van der Waals surface area (Å²) in [5.41, 5.74) is 1.38. The molecular weight excluding hydrogens is 378 g/mol. The number of hydrogen-bond acceptors (Lipinski definition) is 2. The fraction of sp³-hybridized carbons (Fsp3) is 0.263. The molecule has 1 aliphatic heterocycles. The van der Waals surface area contributed by atoms with Gasteiger partial charge in [-0.25, -0.2) is 4.39 Å². The van der Waals surface area contributed by atoms with Crippen molar-refractivity contribution in [2.24, 2.45) is 0 Å². The van der Waals surface area contributed by atoms with Gasteiger partial charge in [-0.15, -0.1) is 0 Å². The number of carbonyl (C=O) groups excluding carboxylic acids is 2. The van der Waals surface area contributed by atoms with Crippen molar-refractivity contribution in [3.8, 4) is 0 Å². The molecule has 7 heteroatoms. The van der Waals surface area contributed by atoms with E-state index in [4.69, 9.17) is 23.2 Å². The molecule has 1 atom stereocenters. The van der Waals surface area contributed by atoms with E-state index >= 15 is 0 Å². The minimum atomic E-state index is -0.671. The van der Waals surface area contributed by atoms with E-state index in [2.05, 4.69) is 0 Å². The van der Waals surface area contributed by atoms with Crippen LogP contribution in [0.25, 0.3) is 0 Å². The number of aryl methyl sites for hydroxylation is 1. The van der Waals surface area contributed by atoms with Gasteiger partial charge < -0.3 is 9.80 Å². The van der Waals surface area contributed by atoms with Crippen molar-refractivity contribution in [1.82, 2.24) is 4.90 Å². The van der Waals surface area contributed by atoms with Gasteiger partial charge >= 0.3 is 0 Å². The first-order valence-corrected chi connectivity index (χ1v) is 8.88. The van der Waals surface area contributed by atoms with Crippen molar-refractivity contribution < 1.29 is 14.0 Å². The van der Waals surface area contributed by atoms with E-state index in [9.17, 15) is 14.0 Å². The molecule has 136 valence electrons. The summed E-state index contributed by atoms with van der Waals surface area (Å²) in [5.74, 6) is -0.913. The van der Waals surface area contributed by atoms with Crippen LogP contribution in [0, 0.1) is 12.7 Å². The maximum Gasteiger partial charge on any atom is 0.254 e. The molecule has 0 spiro atoms. The quantitative estimate of drug-likeness (QED) is 0.760. The van der Waals surface area contributed by atoms with Gasteiger partial charge in [-0.05, 0) is 49.7 Å². The lowest BCUT2D eigenvalue weighted by Gasteiger charge is -2.39. The van der Waals surface area contributed by atoms with Crippen LogP contribution in [-0.4, -0.2) is 35.8 Å². The highest BCUT2D eigenvalue weighted by Crippen LogP contribution is 2.26. The first-order valence-electron chi connectivity index (χ1n) is 8.13. The largest absolute Gasteiger partial charge is 0.325 e. The Kier molecular flexibility index (Phi) is 5.21. The smallest absolute Gasteiger partial charge is 0.254 e. The molecule has 0 radical (unpaired) electrons. The van der Waals surface area contributed by atoms with Gasteiger partial charge in [-0.1, -0.05) is 29.3 Å². The summed E-state index contributed by atoms with van der Waals surface area (Å²) < 4.78 is 13.8. The summed E-state index contributed by atoms with van der Waals surface area (Å²) in [6.07, 6.45) is 0. The summed E-state index contributed by atoms with van der Waals surface area (Å²) >= 11 is 11.9. The van der Waals surface area contributed by atoms with Gasteiger partial charge in [0.1, 0.15) is 11.9 Å². The summed E-state index contributed by atoms with van der Waals surface area (Å²) in [6, 6.07) is 8.64. The van der Waals surface area contributed by atoms with Crippen LogP contribution in [0.5, 0.6) is 0 Å². The Balaban J connectivity index is 1.81. The van der Waals surface area contributed by atoms with Crippen LogP contribution < -0.4 is 4.90 Å². The molecule has 0 N–H and O–H groups in total. The molecule has 0 saturated carbocycles. The number of piperazine rings is 1. The van der Waals surface area contributed by atoms with Crippen LogP contribution in [-0.2, 0) is 4.79 Å². The normalized spacial score (nSPS) is 17.6. The molecular formula is C19H17Cl2FN2O2. The highest BCUT2D eigenvalue weighted by molar-refractivity contribution is 6.42. The van der Waals surface area contributed by atoms with E-state index in [0.717, 1.165) is 0 Å².